The van der Waals surface area contributed by atoms with E-state index in [1.807, 2.05) is 0 Å². The second kappa shape index (κ2) is 7.11. The van der Waals surface area contributed by atoms with E-state index in [9.17, 15) is 14.7 Å². The van der Waals surface area contributed by atoms with Crippen molar-refractivity contribution in [3.05, 3.63) is 29.8 Å². The van der Waals surface area contributed by atoms with Gasteiger partial charge in [0.25, 0.3) is 0 Å². The molecule has 1 aromatic rings. The van der Waals surface area contributed by atoms with Gasteiger partial charge in [-0.1, -0.05) is 32.9 Å². The van der Waals surface area contributed by atoms with Crippen LogP contribution in [0, 0.1) is 5.41 Å². The zero-order chi connectivity index (χ0) is 16.0. The van der Waals surface area contributed by atoms with Gasteiger partial charge in [-0.2, -0.15) is 0 Å². The van der Waals surface area contributed by atoms with E-state index in [4.69, 9.17) is 4.74 Å². The number of hydrogen-bond acceptors (Lipinski definition) is 4. The van der Waals surface area contributed by atoms with Crippen LogP contribution in [0.5, 0.6) is 5.75 Å². The van der Waals surface area contributed by atoms with Crippen LogP contribution in [0.2, 0.25) is 0 Å². The van der Waals surface area contributed by atoms with Gasteiger partial charge in [-0.05, 0) is 24.6 Å². The Bertz CT molecular complexity index is 488. The molecule has 0 saturated heterocycles. The maximum atomic E-state index is 12.1. The van der Waals surface area contributed by atoms with Gasteiger partial charge in [0.15, 0.2) is 0 Å². The number of esters is 1. The van der Waals surface area contributed by atoms with E-state index in [0.717, 1.165) is 5.56 Å². The number of phenolic OH excluding ortho intramolecular Hbond substituents is 1. The van der Waals surface area contributed by atoms with Crippen LogP contribution in [0.3, 0.4) is 0 Å². The second-order valence-electron chi connectivity index (χ2n) is 5.90. The van der Waals surface area contributed by atoms with E-state index in [2.05, 4.69) is 5.32 Å². The highest BCUT2D eigenvalue weighted by Gasteiger charge is 2.28. The van der Waals surface area contributed by atoms with E-state index in [1.54, 1.807) is 52.0 Å². The molecule has 5 nitrogen and oxygen atoms in total. The molecule has 0 aromatic heterocycles. The molecule has 1 aromatic carbocycles. The van der Waals surface area contributed by atoms with E-state index < -0.39 is 17.4 Å². The van der Waals surface area contributed by atoms with Gasteiger partial charge in [0.2, 0.25) is 5.91 Å². The van der Waals surface area contributed by atoms with Crippen LogP contribution >= 0.6 is 0 Å². The number of ether oxygens (including phenoxy) is 1. The van der Waals surface area contributed by atoms with Crippen molar-refractivity contribution >= 4 is 11.9 Å². The minimum atomic E-state index is -0.735. The highest BCUT2D eigenvalue weighted by Crippen LogP contribution is 2.15. The number of carbonyl (C=O) groups is 2. The molecule has 0 radical (unpaired) electrons. The summed E-state index contributed by atoms with van der Waals surface area (Å²) in [6.45, 7) is 7.33. The summed E-state index contributed by atoms with van der Waals surface area (Å²) in [6.07, 6.45) is 0.320. The topological polar surface area (TPSA) is 75.6 Å². The fourth-order valence-electron chi connectivity index (χ4n) is 1.68. The maximum Gasteiger partial charge on any atom is 0.328 e. The van der Waals surface area contributed by atoms with Gasteiger partial charge in [-0.25, -0.2) is 4.79 Å². The zero-order valence-corrected chi connectivity index (χ0v) is 13.0. The Morgan fingerprint density at radius 3 is 2.29 bits per heavy atom. The van der Waals surface area contributed by atoms with E-state index >= 15 is 0 Å². The van der Waals surface area contributed by atoms with Crippen LogP contribution in [0.25, 0.3) is 0 Å². The van der Waals surface area contributed by atoms with Crippen molar-refractivity contribution in [1.29, 1.82) is 0 Å². The Kier molecular flexibility index (Phi) is 5.76. The number of nitrogens with one attached hydrogen (secondary N) is 1. The Hall–Kier alpha value is -2.04. The van der Waals surface area contributed by atoms with Gasteiger partial charge < -0.3 is 15.2 Å². The highest BCUT2D eigenvalue weighted by atomic mass is 16.5. The number of benzene rings is 1. The van der Waals surface area contributed by atoms with Crippen molar-refractivity contribution in [2.75, 3.05) is 6.61 Å². The quantitative estimate of drug-likeness (QED) is 0.815. The predicted octanol–water partition coefficient (Wildman–Crippen LogP) is 2.03. The average Bonchev–Trinajstić information content (AvgIpc) is 2.39. The van der Waals surface area contributed by atoms with Gasteiger partial charge >= 0.3 is 5.97 Å². The number of rotatable bonds is 5. The average molecular weight is 293 g/mol. The van der Waals surface area contributed by atoms with Crippen molar-refractivity contribution in [2.24, 2.45) is 5.41 Å². The molecule has 0 unspecified atom stereocenters. The number of amides is 1. The Balaban J connectivity index is 2.84. The number of hydrogen-bond donors (Lipinski definition) is 2. The summed E-state index contributed by atoms with van der Waals surface area (Å²) in [5.74, 6) is -0.507. The third-order valence-electron chi connectivity index (χ3n) is 2.93. The van der Waals surface area contributed by atoms with Gasteiger partial charge in [0, 0.05) is 11.8 Å². The smallest absolute Gasteiger partial charge is 0.328 e. The lowest BCUT2D eigenvalue weighted by molar-refractivity contribution is -0.148. The Labute approximate surface area is 125 Å². The molecule has 0 heterocycles. The minimum Gasteiger partial charge on any atom is -0.508 e. The summed E-state index contributed by atoms with van der Waals surface area (Å²) >= 11 is 0. The molecule has 0 aliphatic rings. The molecule has 0 fully saturated rings. The summed E-state index contributed by atoms with van der Waals surface area (Å²) in [4.78, 5) is 24.1. The molecule has 1 atom stereocenters. The lowest BCUT2D eigenvalue weighted by atomic mass is 9.94. The molecular formula is C16H23NO4. The van der Waals surface area contributed by atoms with Crippen molar-refractivity contribution in [2.45, 2.75) is 40.2 Å². The standard InChI is InChI=1S/C16H23NO4/c1-5-21-14(19)13(17-15(20)16(2,3)4)10-11-6-8-12(18)9-7-11/h6-9,13,18H,5,10H2,1-4H3,(H,17,20)/t13-/m1/s1. The fraction of sp³-hybridized carbons (Fsp3) is 0.500. The van der Waals surface area contributed by atoms with E-state index in [-0.39, 0.29) is 18.3 Å². The fourth-order valence-corrected chi connectivity index (χ4v) is 1.68. The maximum absolute atomic E-state index is 12.1. The van der Waals surface area contributed by atoms with Gasteiger partial charge in [-0.3, -0.25) is 4.79 Å². The number of phenols is 1. The van der Waals surface area contributed by atoms with Crippen LogP contribution < -0.4 is 5.32 Å². The van der Waals surface area contributed by atoms with Crippen molar-refractivity contribution in [3.8, 4) is 5.75 Å². The van der Waals surface area contributed by atoms with Gasteiger partial charge in [0.1, 0.15) is 11.8 Å². The van der Waals surface area contributed by atoms with Crippen LogP contribution in [0.1, 0.15) is 33.3 Å². The van der Waals surface area contributed by atoms with Gasteiger partial charge in [-0.15, -0.1) is 0 Å². The first-order valence-electron chi connectivity index (χ1n) is 6.99. The third-order valence-corrected chi connectivity index (χ3v) is 2.93. The molecule has 0 bridgehead atoms. The number of aromatic hydroxyl groups is 1. The molecule has 0 aliphatic heterocycles. The molecule has 1 amide bonds. The van der Waals surface area contributed by atoms with Crippen LogP contribution in [-0.2, 0) is 20.7 Å². The summed E-state index contributed by atoms with van der Waals surface area (Å²) in [7, 11) is 0. The molecule has 0 saturated carbocycles. The van der Waals surface area contributed by atoms with Crippen LogP contribution in [-0.4, -0.2) is 29.6 Å². The molecule has 0 spiro atoms. The Morgan fingerprint density at radius 2 is 1.81 bits per heavy atom. The molecule has 1 rings (SSSR count). The largest absolute Gasteiger partial charge is 0.508 e. The zero-order valence-electron chi connectivity index (χ0n) is 13.0. The molecule has 2 N–H and O–H groups in total. The minimum absolute atomic E-state index is 0.158. The lowest BCUT2D eigenvalue weighted by Gasteiger charge is -2.23. The first-order chi connectivity index (χ1) is 9.74. The van der Waals surface area contributed by atoms with Crippen LogP contribution in [0.4, 0.5) is 0 Å². The molecular weight excluding hydrogens is 270 g/mol. The molecule has 5 heteroatoms. The SMILES string of the molecule is CCOC(=O)[C@@H](Cc1ccc(O)cc1)NC(=O)C(C)(C)C. The molecule has 0 aliphatic carbocycles. The first kappa shape index (κ1) is 17.0. The van der Waals surface area contributed by atoms with Crippen molar-refractivity contribution < 1.29 is 19.4 Å². The molecule has 21 heavy (non-hydrogen) atoms. The third kappa shape index (κ3) is 5.45. The van der Waals surface area contributed by atoms with Crippen molar-refractivity contribution in [3.63, 3.8) is 0 Å². The highest BCUT2D eigenvalue weighted by molar-refractivity contribution is 5.87. The van der Waals surface area contributed by atoms with Gasteiger partial charge in [0.05, 0.1) is 6.61 Å². The normalized spacial score (nSPS) is 12.6. The molecule has 116 valence electrons. The summed E-state index contributed by atoms with van der Waals surface area (Å²) in [6, 6.07) is 5.78. The Morgan fingerprint density at radius 1 is 1.24 bits per heavy atom. The summed E-state index contributed by atoms with van der Waals surface area (Å²) in [5.41, 5.74) is 0.250. The summed E-state index contributed by atoms with van der Waals surface area (Å²) < 4.78 is 5.01. The van der Waals surface area contributed by atoms with Crippen LogP contribution in [0.15, 0.2) is 24.3 Å². The number of carbonyl (C=O) groups excluding carboxylic acids is 2. The van der Waals surface area contributed by atoms with E-state index in [1.165, 1.54) is 0 Å². The lowest BCUT2D eigenvalue weighted by Crippen LogP contribution is -2.47. The van der Waals surface area contributed by atoms with Crippen molar-refractivity contribution in [1.82, 2.24) is 5.32 Å². The summed E-state index contributed by atoms with van der Waals surface area (Å²) in [5, 5.41) is 12.0. The second-order valence-corrected chi connectivity index (χ2v) is 5.90. The first-order valence-corrected chi connectivity index (χ1v) is 6.99. The monoisotopic (exact) mass is 293 g/mol. The van der Waals surface area contributed by atoms with E-state index in [0.29, 0.717) is 6.42 Å². The predicted molar refractivity (Wildman–Crippen MR) is 79.8 cm³/mol.